The van der Waals surface area contributed by atoms with Crippen LogP contribution in [0.2, 0.25) is 0 Å². The van der Waals surface area contributed by atoms with Gasteiger partial charge in [0.2, 0.25) is 10.0 Å². The zero-order valence-corrected chi connectivity index (χ0v) is 12.1. The minimum absolute atomic E-state index is 0. The van der Waals surface area contributed by atoms with Gasteiger partial charge in [0, 0.05) is 13.1 Å². The molecule has 1 aliphatic heterocycles. The van der Waals surface area contributed by atoms with E-state index in [4.69, 9.17) is 0 Å². The van der Waals surface area contributed by atoms with E-state index in [0.717, 1.165) is 5.56 Å². The van der Waals surface area contributed by atoms with Crippen LogP contribution in [0.5, 0.6) is 0 Å². The molecule has 7 heteroatoms. The fourth-order valence-corrected chi connectivity index (χ4v) is 3.51. The molecular weight excluding hydrogens is 261 g/mol. The minimum Gasteiger partial charge on any atom is -1.00 e. The molecule has 1 aromatic rings. The van der Waals surface area contributed by atoms with Crippen LogP contribution in [-0.2, 0) is 19.6 Å². The van der Waals surface area contributed by atoms with Crippen molar-refractivity contribution in [2.24, 2.45) is 5.92 Å². The molecule has 0 amide bonds. The molecule has 1 fully saturated rings. The van der Waals surface area contributed by atoms with Crippen molar-refractivity contribution < 1.29 is 38.2 Å². The Balaban J connectivity index is 0.00000180. The van der Waals surface area contributed by atoms with Crippen molar-refractivity contribution in [1.82, 2.24) is 4.31 Å². The largest absolute Gasteiger partial charge is 1.00 e. The maximum absolute atomic E-state index is 12.2. The molecule has 5 nitrogen and oxygen atoms in total. The van der Waals surface area contributed by atoms with E-state index in [1.807, 2.05) is 13.0 Å². The Morgan fingerprint density at radius 3 is 2.58 bits per heavy atom. The molecule has 2 rings (SSSR count). The average molecular weight is 277 g/mol. The van der Waals surface area contributed by atoms with Gasteiger partial charge in [-0.2, -0.15) is 4.31 Å². The molecule has 1 aliphatic rings. The molecule has 1 saturated heterocycles. The van der Waals surface area contributed by atoms with Crippen molar-refractivity contribution in [3.05, 3.63) is 29.8 Å². The van der Waals surface area contributed by atoms with Crippen LogP contribution < -0.4 is 18.9 Å². The second-order valence-electron chi connectivity index (χ2n) is 4.36. The maximum Gasteiger partial charge on any atom is 1.00 e. The van der Waals surface area contributed by atoms with Gasteiger partial charge in [0.25, 0.3) is 0 Å². The zero-order chi connectivity index (χ0) is 13.3. The van der Waals surface area contributed by atoms with Gasteiger partial charge >= 0.3 is 24.8 Å². The van der Waals surface area contributed by atoms with E-state index in [1.54, 1.807) is 18.2 Å². The van der Waals surface area contributed by atoms with E-state index in [1.165, 1.54) is 11.4 Å². The van der Waals surface area contributed by atoms with Crippen LogP contribution in [0.15, 0.2) is 29.2 Å². The summed E-state index contributed by atoms with van der Waals surface area (Å²) in [6.45, 7) is 2.23. The molecule has 0 unspecified atom stereocenters. The summed E-state index contributed by atoms with van der Waals surface area (Å²) < 4.78 is 30.3. The van der Waals surface area contributed by atoms with Gasteiger partial charge in [-0.05, 0) is 24.6 Å². The second-order valence-corrected chi connectivity index (χ2v) is 6.30. The zero-order valence-electron chi connectivity index (χ0n) is 12.3. The van der Waals surface area contributed by atoms with Gasteiger partial charge in [-0.25, -0.2) is 8.42 Å². The molecule has 0 radical (unpaired) electrons. The van der Waals surface area contributed by atoms with Gasteiger partial charge in [0.15, 0.2) is 0 Å². The van der Waals surface area contributed by atoms with Gasteiger partial charge in [-0.3, -0.25) is 4.79 Å². The summed E-state index contributed by atoms with van der Waals surface area (Å²) in [6.07, 6.45) is 0. The first-order valence-corrected chi connectivity index (χ1v) is 7.04. The Labute approximate surface area is 126 Å². The van der Waals surface area contributed by atoms with Crippen LogP contribution in [0.25, 0.3) is 0 Å². The Bertz CT molecular complexity index is 573. The molecule has 0 atom stereocenters. The Hall–Kier alpha value is -0.803. The van der Waals surface area contributed by atoms with Crippen LogP contribution in [0, 0.1) is 12.8 Å². The Morgan fingerprint density at radius 1 is 1.42 bits per heavy atom. The fourth-order valence-electron chi connectivity index (χ4n) is 1.88. The molecular formula is C12H16LiNO4S. The standard InChI is InChI=1S/C12H15NO4S.Li.H/c1-9-4-3-5-11(6-9)18(15,16)13-7-10(8-13)12(14)17-2;;/h3-6,10H,7-8H2,1-2H3;;/q;+1;-1. The van der Waals surface area contributed by atoms with Crippen molar-refractivity contribution in [3.8, 4) is 0 Å². The predicted octanol–water partition coefficient (Wildman–Crippen LogP) is -2.09. The van der Waals surface area contributed by atoms with E-state index >= 15 is 0 Å². The summed E-state index contributed by atoms with van der Waals surface area (Å²) >= 11 is 0. The number of nitrogens with zero attached hydrogens (tertiary/aromatic N) is 1. The van der Waals surface area contributed by atoms with E-state index < -0.39 is 10.0 Å². The SMILES string of the molecule is COC(=O)C1CN(S(=O)(=O)c2cccc(C)c2)C1.[H-].[Li+]. The molecule has 19 heavy (non-hydrogen) atoms. The number of benzene rings is 1. The monoisotopic (exact) mass is 277 g/mol. The minimum atomic E-state index is -3.47. The summed E-state index contributed by atoms with van der Waals surface area (Å²) in [7, 11) is -2.17. The number of ether oxygens (including phenoxy) is 1. The molecule has 0 aliphatic carbocycles. The van der Waals surface area contributed by atoms with Crippen molar-refractivity contribution in [1.29, 1.82) is 0 Å². The van der Waals surface area contributed by atoms with Crippen molar-refractivity contribution in [2.75, 3.05) is 20.2 Å². The van der Waals surface area contributed by atoms with Gasteiger partial charge in [-0.1, -0.05) is 12.1 Å². The van der Waals surface area contributed by atoms with E-state index in [-0.39, 0.29) is 50.2 Å². The Kier molecular flexibility index (Phi) is 5.22. The van der Waals surface area contributed by atoms with Crippen LogP contribution in [0.3, 0.4) is 0 Å². The normalized spacial score (nSPS) is 16.3. The number of hydrogen-bond donors (Lipinski definition) is 0. The summed E-state index contributed by atoms with van der Waals surface area (Å²) in [6, 6.07) is 6.74. The number of sulfonamides is 1. The van der Waals surface area contributed by atoms with Gasteiger partial charge in [-0.15, -0.1) is 0 Å². The molecule has 0 saturated carbocycles. The fraction of sp³-hybridized carbons (Fsp3) is 0.417. The number of hydrogen-bond acceptors (Lipinski definition) is 4. The summed E-state index contributed by atoms with van der Waals surface area (Å²) in [4.78, 5) is 11.5. The first kappa shape index (κ1) is 16.3. The average Bonchev–Trinajstić information content (AvgIpc) is 2.26. The predicted molar refractivity (Wildman–Crippen MR) is 66.6 cm³/mol. The number of rotatable bonds is 3. The van der Waals surface area contributed by atoms with E-state index in [2.05, 4.69) is 4.74 Å². The molecule has 0 N–H and O–H groups in total. The van der Waals surface area contributed by atoms with Gasteiger partial charge in [0.05, 0.1) is 17.9 Å². The number of aryl methyl sites for hydroxylation is 1. The smallest absolute Gasteiger partial charge is 1.00 e. The third-order valence-electron chi connectivity index (χ3n) is 3.01. The molecule has 0 spiro atoms. The van der Waals surface area contributed by atoms with Crippen LogP contribution >= 0.6 is 0 Å². The summed E-state index contributed by atoms with van der Waals surface area (Å²) in [5, 5.41) is 0. The van der Waals surface area contributed by atoms with Crippen LogP contribution in [0.4, 0.5) is 0 Å². The van der Waals surface area contributed by atoms with Crippen molar-refractivity contribution in [2.45, 2.75) is 11.8 Å². The van der Waals surface area contributed by atoms with Crippen molar-refractivity contribution >= 4 is 16.0 Å². The van der Waals surface area contributed by atoms with E-state index in [9.17, 15) is 13.2 Å². The topological polar surface area (TPSA) is 63.7 Å². The maximum atomic E-state index is 12.2. The van der Waals surface area contributed by atoms with Gasteiger partial charge in [0.1, 0.15) is 0 Å². The van der Waals surface area contributed by atoms with Crippen LogP contribution in [-0.4, -0.2) is 38.9 Å². The van der Waals surface area contributed by atoms with Crippen molar-refractivity contribution in [3.63, 3.8) is 0 Å². The summed E-state index contributed by atoms with van der Waals surface area (Å²) in [5.74, 6) is -0.694. The number of esters is 1. The Morgan fingerprint density at radius 2 is 2.05 bits per heavy atom. The van der Waals surface area contributed by atoms with Gasteiger partial charge < -0.3 is 6.16 Å². The first-order chi connectivity index (χ1) is 8.45. The molecule has 1 heterocycles. The quantitative estimate of drug-likeness (QED) is 0.469. The molecule has 1 aromatic carbocycles. The number of carbonyl (C=O) groups is 1. The number of methoxy groups -OCH3 is 1. The van der Waals surface area contributed by atoms with E-state index in [0.29, 0.717) is 0 Å². The second kappa shape index (κ2) is 6.10. The molecule has 0 aromatic heterocycles. The third kappa shape index (κ3) is 3.21. The number of carbonyl (C=O) groups excluding carboxylic acids is 1. The molecule has 0 bridgehead atoms. The third-order valence-corrected chi connectivity index (χ3v) is 4.84. The molecule has 100 valence electrons. The first-order valence-electron chi connectivity index (χ1n) is 5.60. The van der Waals surface area contributed by atoms with Crippen LogP contribution in [0.1, 0.15) is 6.99 Å². The summed E-state index contributed by atoms with van der Waals surface area (Å²) in [5.41, 5.74) is 0.890.